The molecule has 1 heterocycles. The quantitative estimate of drug-likeness (QED) is 0.947. The van der Waals surface area contributed by atoms with Crippen LogP contribution in [0.5, 0.6) is 5.75 Å². The third kappa shape index (κ3) is 2.53. The van der Waals surface area contributed by atoms with Crippen LogP contribution in [0.25, 0.3) is 0 Å². The molecule has 2 amide bonds. The highest BCUT2D eigenvalue weighted by molar-refractivity contribution is 6.10. The van der Waals surface area contributed by atoms with Crippen molar-refractivity contribution in [1.82, 2.24) is 0 Å². The predicted octanol–water partition coefficient (Wildman–Crippen LogP) is 2.68. The van der Waals surface area contributed by atoms with E-state index in [2.05, 4.69) is 5.32 Å². The predicted molar refractivity (Wildman–Crippen MR) is 84.4 cm³/mol. The minimum Gasteiger partial charge on any atom is -0.481 e. The van der Waals surface area contributed by atoms with Gasteiger partial charge >= 0.3 is 0 Å². The average Bonchev–Trinajstić information content (AvgIpc) is 2.55. The van der Waals surface area contributed by atoms with E-state index in [1.807, 2.05) is 37.3 Å². The maximum absolute atomic E-state index is 12.9. The Morgan fingerprint density at radius 2 is 1.95 bits per heavy atom. The summed E-state index contributed by atoms with van der Waals surface area (Å²) in [7, 11) is 0. The van der Waals surface area contributed by atoms with E-state index in [0.717, 1.165) is 5.69 Å². The van der Waals surface area contributed by atoms with Gasteiger partial charge in [0.25, 0.3) is 11.8 Å². The molecule has 0 aromatic heterocycles. The molecule has 1 N–H and O–H groups in total. The Kier molecular flexibility index (Phi) is 3.78. The number of carbonyl (C=O) groups excluding carboxylic acids is 2. The van der Waals surface area contributed by atoms with Gasteiger partial charge in [0.15, 0.2) is 12.4 Å². The number of amides is 2. The third-order valence-corrected chi connectivity index (χ3v) is 3.50. The van der Waals surface area contributed by atoms with Gasteiger partial charge in [-0.2, -0.15) is 0 Å². The number of nitrogens with zero attached hydrogens (tertiary/aromatic N) is 1. The number of anilines is 2. The van der Waals surface area contributed by atoms with E-state index in [1.165, 1.54) is 0 Å². The lowest BCUT2D eigenvalue weighted by molar-refractivity contribution is -0.118. The first-order valence-corrected chi connectivity index (χ1v) is 7.13. The molecule has 5 heteroatoms. The second-order valence-electron chi connectivity index (χ2n) is 4.90. The molecule has 2 aromatic rings. The molecule has 112 valence electrons. The van der Waals surface area contributed by atoms with Gasteiger partial charge in [0.2, 0.25) is 0 Å². The lowest BCUT2D eigenvalue weighted by atomic mass is 10.1. The van der Waals surface area contributed by atoms with Gasteiger partial charge < -0.3 is 15.0 Å². The number of nitrogens with one attached hydrogen (secondary N) is 1. The summed E-state index contributed by atoms with van der Waals surface area (Å²) >= 11 is 0. The molecule has 1 aliphatic rings. The summed E-state index contributed by atoms with van der Waals surface area (Å²) in [5.41, 5.74) is 1.81. The van der Waals surface area contributed by atoms with Crippen LogP contribution in [0.15, 0.2) is 48.5 Å². The Bertz CT molecular complexity index is 713. The average molecular weight is 296 g/mol. The number of hydrogen-bond donors (Lipinski definition) is 1. The van der Waals surface area contributed by atoms with Crippen molar-refractivity contribution in [2.24, 2.45) is 0 Å². The molecule has 0 aliphatic carbocycles. The molecule has 0 saturated heterocycles. The Morgan fingerprint density at radius 3 is 2.68 bits per heavy atom. The molecule has 0 fully saturated rings. The van der Waals surface area contributed by atoms with Gasteiger partial charge in [-0.15, -0.1) is 0 Å². The SMILES string of the molecule is CCN(C(=O)c1cccc2c1OCC(=O)N2)c1ccccc1. The first kappa shape index (κ1) is 14.1. The number of ether oxygens (including phenoxy) is 1. The molecular formula is C17H16N2O3. The fourth-order valence-electron chi connectivity index (χ4n) is 2.48. The van der Waals surface area contributed by atoms with E-state index in [9.17, 15) is 9.59 Å². The highest BCUT2D eigenvalue weighted by Crippen LogP contribution is 2.33. The van der Waals surface area contributed by atoms with Crippen LogP contribution in [-0.4, -0.2) is 25.0 Å². The van der Waals surface area contributed by atoms with E-state index < -0.39 is 0 Å². The summed E-state index contributed by atoms with van der Waals surface area (Å²) in [5.74, 6) is 0.0655. The fourth-order valence-corrected chi connectivity index (χ4v) is 2.48. The number of fused-ring (bicyclic) bond motifs is 1. The first-order chi connectivity index (χ1) is 10.7. The monoisotopic (exact) mass is 296 g/mol. The molecule has 2 aromatic carbocycles. The normalized spacial score (nSPS) is 12.9. The van der Waals surface area contributed by atoms with E-state index in [0.29, 0.717) is 23.5 Å². The summed E-state index contributed by atoms with van der Waals surface area (Å²) in [5, 5.41) is 2.72. The van der Waals surface area contributed by atoms with Crippen LogP contribution in [0.2, 0.25) is 0 Å². The van der Waals surface area contributed by atoms with Crippen molar-refractivity contribution in [1.29, 1.82) is 0 Å². The zero-order chi connectivity index (χ0) is 15.5. The maximum Gasteiger partial charge on any atom is 0.262 e. The van der Waals surface area contributed by atoms with Crippen LogP contribution in [0.3, 0.4) is 0 Å². The Morgan fingerprint density at radius 1 is 1.18 bits per heavy atom. The van der Waals surface area contributed by atoms with Crippen LogP contribution in [0.4, 0.5) is 11.4 Å². The summed E-state index contributed by atoms with van der Waals surface area (Å²) in [6, 6.07) is 14.6. The van der Waals surface area contributed by atoms with Crippen molar-refractivity contribution in [2.45, 2.75) is 6.92 Å². The van der Waals surface area contributed by atoms with Gasteiger partial charge in [0, 0.05) is 12.2 Å². The van der Waals surface area contributed by atoms with Gasteiger partial charge in [-0.1, -0.05) is 24.3 Å². The second-order valence-corrected chi connectivity index (χ2v) is 4.90. The van der Waals surface area contributed by atoms with Crippen molar-refractivity contribution in [3.63, 3.8) is 0 Å². The molecule has 1 aliphatic heterocycles. The van der Waals surface area contributed by atoms with E-state index >= 15 is 0 Å². The van der Waals surface area contributed by atoms with E-state index in [4.69, 9.17) is 4.74 Å². The largest absolute Gasteiger partial charge is 0.481 e. The Labute approximate surface area is 128 Å². The molecule has 5 nitrogen and oxygen atoms in total. The summed E-state index contributed by atoms with van der Waals surface area (Å²) < 4.78 is 5.46. The molecule has 0 radical (unpaired) electrons. The van der Waals surface area contributed by atoms with Crippen molar-refractivity contribution < 1.29 is 14.3 Å². The minimum absolute atomic E-state index is 0.0746. The number of benzene rings is 2. The summed E-state index contributed by atoms with van der Waals surface area (Å²) in [4.78, 5) is 25.9. The Balaban J connectivity index is 1.98. The van der Waals surface area contributed by atoms with Gasteiger partial charge in [0.1, 0.15) is 0 Å². The lowest BCUT2D eigenvalue weighted by Crippen LogP contribution is -2.32. The van der Waals surface area contributed by atoms with Crippen LogP contribution >= 0.6 is 0 Å². The fraction of sp³-hybridized carbons (Fsp3) is 0.176. The van der Waals surface area contributed by atoms with Crippen LogP contribution in [0.1, 0.15) is 17.3 Å². The van der Waals surface area contributed by atoms with E-state index in [1.54, 1.807) is 23.1 Å². The molecular weight excluding hydrogens is 280 g/mol. The molecule has 0 unspecified atom stereocenters. The summed E-state index contributed by atoms with van der Waals surface area (Å²) in [6.45, 7) is 2.39. The number of rotatable bonds is 3. The lowest BCUT2D eigenvalue weighted by Gasteiger charge is -2.25. The number of hydrogen-bond acceptors (Lipinski definition) is 3. The van der Waals surface area contributed by atoms with Crippen molar-refractivity contribution >= 4 is 23.2 Å². The van der Waals surface area contributed by atoms with Gasteiger partial charge in [-0.25, -0.2) is 0 Å². The van der Waals surface area contributed by atoms with Crippen LogP contribution in [0, 0.1) is 0 Å². The number of para-hydroxylation sites is 2. The smallest absolute Gasteiger partial charge is 0.262 e. The molecule has 0 spiro atoms. The minimum atomic E-state index is -0.215. The number of carbonyl (C=O) groups is 2. The second kappa shape index (κ2) is 5.89. The third-order valence-electron chi connectivity index (χ3n) is 3.50. The van der Waals surface area contributed by atoms with E-state index in [-0.39, 0.29) is 18.4 Å². The Hall–Kier alpha value is -2.82. The zero-order valence-corrected chi connectivity index (χ0v) is 12.2. The molecule has 3 rings (SSSR count). The highest BCUT2D eigenvalue weighted by atomic mass is 16.5. The molecule has 0 bridgehead atoms. The summed E-state index contributed by atoms with van der Waals surface area (Å²) in [6.07, 6.45) is 0. The van der Waals surface area contributed by atoms with Crippen LogP contribution in [-0.2, 0) is 4.79 Å². The molecule has 0 atom stereocenters. The van der Waals surface area contributed by atoms with Gasteiger partial charge in [-0.05, 0) is 31.2 Å². The van der Waals surface area contributed by atoms with Gasteiger partial charge in [0.05, 0.1) is 11.3 Å². The first-order valence-electron chi connectivity index (χ1n) is 7.13. The van der Waals surface area contributed by atoms with Crippen molar-refractivity contribution in [3.05, 3.63) is 54.1 Å². The topological polar surface area (TPSA) is 58.6 Å². The maximum atomic E-state index is 12.9. The molecule has 0 saturated carbocycles. The standard InChI is InChI=1S/C17H16N2O3/c1-2-19(12-7-4-3-5-8-12)17(21)13-9-6-10-14-16(13)22-11-15(20)18-14/h3-10H,2,11H2,1H3,(H,18,20). The van der Waals surface area contributed by atoms with Crippen molar-refractivity contribution in [3.8, 4) is 5.75 Å². The van der Waals surface area contributed by atoms with Crippen LogP contribution < -0.4 is 15.0 Å². The van der Waals surface area contributed by atoms with Crippen molar-refractivity contribution in [2.75, 3.05) is 23.4 Å². The zero-order valence-electron chi connectivity index (χ0n) is 12.2. The van der Waals surface area contributed by atoms with Gasteiger partial charge in [-0.3, -0.25) is 9.59 Å². The highest BCUT2D eigenvalue weighted by Gasteiger charge is 2.25. The molecule has 22 heavy (non-hydrogen) atoms.